The van der Waals surface area contributed by atoms with Crippen LogP contribution >= 0.6 is 11.6 Å². The van der Waals surface area contributed by atoms with E-state index >= 15 is 0 Å². The molecule has 2 N–H and O–H groups in total. The second-order valence-electron chi connectivity index (χ2n) is 7.92. The lowest BCUT2D eigenvalue weighted by Crippen LogP contribution is -2.49. The Kier molecular flexibility index (Phi) is 8.18. The number of benzene rings is 1. The Hall–Kier alpha value is -3.24. The number of nitro benzene ring substituents is 1. The zero-order valence-electron chi connectivity index (χ0n) is 18.4. The summed E-state index contributed by atoms with van der Waals surface area (Å²) in [7, 11) is 0. The molecule has 3 rings (SSSR count). The maximum Gasteiger partial charge on any atom is 0.270 e. The normalized spacial score (nSPS) is 14.6. The van der Waals surface area contributed by atoms with Gasteiger partial charge in [-0.3, -0.25) is 19.7 Å². The van der Waals surface area contributed by atoms with Gasteiger partial charge in [0, 0.05) is 43.5 Å². The van der Waals surface area contributed by atoms with E-state index in [2.05, 4.69) is 20.5 Å². The molecule has 0 radical (unpaired) electrons. The average molecular weight is 476 g/mol. The second-order valence-corrected chi connectivity index (χ2v) is 8.33. The van der Waals surface area contributed by atoms with E-state index in [1.54, 1.807) is 6.20 Å². The van der Waals surface area contributed by atoms with Crippen molar-refractivity contribution in [3.63, 3.8) is 0 Å². The SMILES string of the molecule is CC(C)C(NC(=O)c1ccc([N+](=O)[O-])cc1Cl)C(=O)NCc1cccnc1N1CCOCC1. The fraction of sp³-hybridized carbons (Fsp3) is 0.409. The number of nitro groups is 1. The summed E-state index contributed by atoms with van der Waals surface area (Å²) in [6.07, 6.45) is 1.71. The van der Waals surface area contributed by atoms with Crippen LogP contribution in [-0.2, 0) is 16.1 Å². The van der Waals surface area contributed by atoms with Crippen molar-refractivity contribution in [3.8, 4) is 0 Å². The van der Waals surface area contributed by atoms with Crippen LogP contribution in [0.4, 0.5) is 11.5 Å². The van der Waals surface area contributed by atoms with E-state index in [9.17, 15) is 19.7 Å². The Morgan fingerprint density at radius 2 is 2.00 bits per heavy atom. The van der Waals surface area contributed by atoms with Gasteiger partial charge in [0.2, 0.25) is 5.91 Å². The van der Waals surface area contributed by atoms with Crippen molar-refractivity contribution in [1.82, 2.24) is 15.6 Å². The third-order valence-corrected chi connectivity index (χ3v) is 5.59. The average Bonchev–Trinajstić information content (AvgIpc) is 2.81. The maximum absolute atomic E-state index is 12.9. The van der Waals surface area contributed by atoms with Crippen LogP contribution in [0.2, 0.25) is 5.02 Å². The molecule has 2 aromatic rings. The lowest BCUT2D eigenvalue weighted by atomic mass is 10.0. The number of halogens is 1. The summed E-state index contributed by atoms with van der Waals surface area (Å²) in [5, 5.41) is 16.4. The van der Waals surface area contributed by atoms with Crippen LogP contribution in [0.3, 0.4) is 0 Å². The molecule has 1 aromatic heterocycles. The topological polar surface area (TPSA) is 127 Å². The highest BCUT2D eigenvalue weighted by Crippen LogP contribution is 2.23. The first-order chi connectivity index (χ1) is 15.8. The monoisotopic (exact) mass is 475 g/mol. The highest BCUT2D eigenvalue weighted by Gasteiger charge is 2.26. The van der Waals surface area contributed by atoms with Gasteiger partial charge in [-0.25, -0.2) is 4.98 Å². The number of ether oxygens (including phenoxy) is 1. The van der Waals surface area contributed by atoms with Crippen molar-refractivity contribution in [2.45, 2.75) is 26.4 Å². The number of nitrogens with one attached hydrogen (secondary N) is 2. The molecule has 1 fully saturated rings. The Bertz CT molecular complexity index is 1030. The van der Waals surface area contributed by atoms with Gasteiger partial charge in [0.25, 0.3) is 11.6 Å². The minimum Gasteiger partial charge on any atom is -0.378 e. The van der Waals surface area contributed by atoms with Crippen molar-refractivity contribution >= 4 is 34.9 Å². The molecule has 1 aliphatic rings. The molecule has 2 amide bonds. The van der Waals surface area contributed by atoms with Crippen LogP contribution < -0.4 is 15.5 Å². The van der Waals surface area contributed by atoms with Crippen molar-refractivity contribution in [2.75, 3.05) is 31.2 Å². The quantitative estimate of drug-likeness (QED) is 0.443. The third kappa shape index (κ3) is 6.17. The van der Waals surface area contributed by atoms with E-state index in [1.807, 2.05) is 26.0 Å². The van der Waals surface area contributed by atoms with Crippen LogP contribution in [0.5, 0.6) is 0 Å². The number of morpholine rings is 1. The maximum atomic E-state index is 12.9. The summed E-state index contributed by atoms with van der Waals surface area (Å²) in [4.78, 5) is 42.5. The molecule has 1 atom stereocenters. The fourth-order valence-electron chi connectivity index (χ4n) is 3.48. The lowest BCUT2D eigenvalue weighted by Gasteiger charge is -2.29. The van der Waals surface area contributed by atoms with Gasteiger partial charge in [-0.2, -0.15) is 0 Å². The summed E-state index contributed by atoms with van der Waals surface area (Å²) in [6, 6.07) is 6.46. The summed E-state index contributed by atoms with van der Waals surface area (Å²) < 4.78 is 5.39. The molecule has 1 unspecified atom stereocenters. The zero-order chi connectivity index (χ0) is 24.0. The lowest BCUT2D eigenvalue weighted by molar-refractivity contribution is -0.384. The molecule has 2 heterocycles. The molecule has 176 valence electrons. The number of amides is 2. The minimum atomic E-state index is -0.827. The first-order valence-corrected chi connectivity index (χ1v) is 10.9. The summed E-state index contributed by atoms with van der Waals surface area (Å²) in [5.41, 5.74) is 0.699. The number of nitrogens with zero attached hydrogens (tertiary/aromatic N) is 3. The molecule has 0 saturated carbocycles. The van der Waals surface area contributed by atoms with E-state index < -0.39 is 16.9 Å². The van der Waals surface area contributed by atoms with E-state index in [0.29, 0.717) is 13.2 Å². The van der Waals surface area contributed by atoms with Gasteiger partial charge >= 0.3 is 0 Å². The molecule has 0 spiro atoms. The van der Waals surface area contributed by atoms with Crippen molar-refractivity contribution < 1.29 is 19.2 Å². The van der Waals surface area contributed by atoms with E-state index in [1.165, 1.54) is 12.1 Å². The molecule has 33 heavy (non-hydrogen) atoms. The van der Waals surface area contributed by atoms with Gasteiger partial charge in [0.15, 0.2) is 0 Å². The minimum absolute atomic E-state index is 0.0579. The number of carbonyl (C=O) groups excluding carboxylic acids is 2. The Labute approximate surface area is 196 Å². The Balaban J connectivity index is 1.68. The van der Waals surface area contributed by atoms with Crippen molar-refractivity contribution in [3.05, 3.63) is 62.8 Å². The predicted molar refractivity (Wildman–Crippen MR) is 123 cm³/mol. The van der Waals surface area contributed by atoms with Gasteiger partial charge in [0.1, 0.15) is 11.9 Å². The molecule has 11 heteroatoms. The predicted octanol–water partition coefficient (Wildman–Crippen LogP) is 2.55. The summed E-state index contributed by atoms with van der Waals surface area (Å²) >= 11 is 6.06. The number of carbonyl (C=O) groups is 2. The standard InChI is InChI=1S/C22H26ClN5O5/c1-14(2)19(26-21(29)17-6-5-16(28(31)32)12-18(17)23)22(30)25-13-15-4-3-7-24-20(15)27-8-10-33-11-9-27/h3-7,12,14,19H,8-11,13H2,1-2H3,(H,25,30)(H,26,29). The molecule has 1 saturated heterocycles. The van der Waals surface area contributed by atoms with Crippen LogP contribution in [0.25, 0.3) is 0 Å². The number of pyridine rings is 1. The van der Waals surface area contributed by atoms with E-state index in [4.69, 9.17) is 16.3 Å². The number of hydrogen-bond acceptors (Lipinski definition) is 7. The molecule has 1 aromatic carbocycles. The van der Waals surface area contributed by atoms with E-state index in [-0.39, 0.29) is 34.6 Å². The highest BCUT2D eigenvalue weighted by atomic mass is 35.5. The van der Waals surface area contributed by atoms with Gasteiger partial charge in [0.05, 0.1) is 28.7 Å². The van der Waals surface area contributed by atoms with E-state index in [0.717, 1.165) is 30.5 Å². The summed E-state index contributed by atoms with van der Waals surface area (Å²) in [5.74, 6) is -0.352. The first kappa shape index (κ1) is 24.4. The van der Waals surface area contributed by atoms with Crippen LogP contribution in [0, 0.1) is 16.0 Å². The smallest absolute Gasteiger partial charge is 0.270 e. The zero-order valence-corrected chi connectivity index (χ0v) is 19.2. The first-order valence-electron chi connectivity index (χ1n) is 10.6. The number of hydrogen-bond donors (Lipinski definition) is 2. The fourth-order valence-corrected chi connectivity index (χ4v) is 3.74. The largest absolute Gasteiger partial charge is 0.378 e. The van der Waals surface area contributed by atoms with Gasteiger partial charge in [-0.05, 0) is 18.1 Å². The van der Waals surface area contributed by atoms with Crippen molar-refractivity contribution in [1.29, 1.82) is 0 Å². The third-order valence-electron chi connectivity index (χ3n) is 5.28. The number of anilines is 1. The molecular formula is C22H26ClN5O5. The van der Waals surface area contributed by atoms with Crippen LogP contribution in [-0.4, -0.2) is 54.1 Å². The molecule has 0 aliphatic carbocycles. The molecule has 0 bridgehead atoms. The molecule has 1 aliphatic heterocycles. The highest BCUT2D eigenvalue weighted by molar-refractivity contribution is 6.34. The number of non-ortho nitro benzene ring substituents is 1. The molecule has 10 nitrogen and oxygen atoms in total. The number of rotatable bonds is 8. The van der Waals surface area contributed by atoms with Gasteiger partial charge in [-0.1, -0.05) is 31.5 Å². The van der Waals surface area contributed by atoms with Crippen LogP contribution in [0.1, 0.15) is 29.8 Å². The Morgan fingerprint density at radius 1 is 1.27 bits per heavy atom. The summed E-state index contributed by atoms with van der Waals surface area (Å²) in [6.45, 7) is 6.55. The van der Waals surface area contributed by atoms with Crippen molar-refractivity contribution in [2.24, 2.45) is 5.92 Å². The van der Waals surface area contributed by atoms with Crippen LogP contribution in [0.15, 0.2) is 36.5 Å². The number of aromatic nitrogens is 1. The Morgan fingerprint density at radius 3 is 2.64 bits per heavy atom. The van der Waals surface area contributed by atoms with Gasteiger partial charge < -0.3 is 20.3 Å². The van der Waals surface area contributed by atoms with Gasteiger partial charge in [-0.15, -0.1) is 0 Å². The molecular weight excluding hydrogens is 450 g/mol. The second kappa shape index (κ2) is 11.1.